The maximum absolute atomic E-state index is 13.2. The highest BCUT2D eigenvalue weighted by Gasteiger charge is 2.47. The summed E-state index contributed by atoms with van der Waals surface area (Å²) in [5.74, 6) is 6.02. The standard InChI is InChI=1S/C19H19FN4O/c1-4-24-18(25)23-16(19(24,2)3)17-21-11-14(12-22-17)9-8-13-6-5-7-15(20)10-13/h5-7,10-12,16H,4H2,1-3H3,(H,23,25). The van der Waals surface area contributed by atoms with Gasteiger partial charge >= 0.3 is 6.03 Å². The van der Waals surface area contributed by atoms with E-state index >= 15 is 0 Å². The number of carbonyl (C=O) groups is 1. The van der Waals surface area contributed by atoms with Crippen LogP contribution in [0.4, 0.5) is 9.18 Å². The van der Waals surface area contributed by atoms with Crippen molar-refractivity contribution in [2.75, 3.05) is 6.54 Å². The van der Waals surface area contributed by atoms with Gasteiger partial charge in [-0.3, -0.25) is 0 Å². The predicted octanol–water partition coefficient (Wildman–Crippen LogP) is 2.88. The van der Waals surface area contributed by atoms with Crippen LogP contribution in [0.15, 0.2) is 36.7 Å². The summed E-state index contributed by atoms with van der Waals surface area (Å²) in [7, 11) is 0. The Kier molecular flexibility index (Phi) is 4.41. The Morgan fingerprint density at radius 3 is 2.52 bits per heavy atom. The van der Waals surface area contributed by atoms with Crippen molar-refractivity contribution in [1.29, 1.82) is 0 Å². The lowest BCUT2D eigenvalue weighted by molar-refractivity contribution is 0.168. The van der Waals surface area contributed by atoms with E-state index in [4.69, 9.17) is 0 Å². The molecular weight excluding hydrogens is 319 g/mol. The summed E-state index contributed by atoms with van der Waals surface area (Å²) in [5, 5.41) is 2.93. The van der Waals surface area contributed by atoms with Gasteiger partial charge in [0.15, 0.2) is 5.82 Å². The molecule has 0 bridgehead atoms. The summed E-state index contributed by atoms with van der Waals surface area (Å²) < 4.78 is 13.2. The molecule has 1 saturated heterocycles. The van der Waals surface area contributed by atoms with Crippen molar-refractivity contribution in [1.82, 2.24) is 20.2 Å². The zero-order chi connectivity index (χ0) is 18.0. The lowest BCUT2D eigenvalue weighted by atomic mass is 9.94. The van der Waals surface area contributed by atoms with Crippen LogP contribution in [0, 0.1) is 17.7 Å². The molecule has 1 unspecified atom stereocenters. The van der Waals surface area contributed by atoms with E-state index in [1.165, 1.54) is 12.1 Å². The second-order valence-corrected chi connectivity index (χ2v) is 6.37. The summed E-state index contributed by atoms with van der Waals surface area (Å²) in [6, 6.07) is 5.70. The van der Waals surface area contributed by atoms with Gasteiger partial charge in [-0.25, -0.2) is 19.2 Å². The Hall–Kier alpha value is -2.94. The third kappa shape index (κ3) is 3.31. The average Bonchev–Trinajstić information content (AvgIpc) is 2.82. The van der Waals surface area contributed by atoms with Gasteiger partial charge in [0.05, 0.1) is 11.1 Å². The molecule has 0 spiro atoms. The first-order valence-corrected chi connectivity index (χ1v) is 8.09. The van der Waals surface area contributed by atoms with Gasteiger partial charge in [0.25, 0.3) is 0 Å². The molecule has 5 nitrogen and oxygen atoms in total. The zero-order valence-corrected chi connectivity index (χ0v) is 14.4. The summed E-state index contributed by atoms with van der Waals surface area (Å²) in [5.41, 5.74) is 0.801. The topological polar surface area (TPSA) is 58.1 Å². The molecular formula is C19H19FN4O. The van der Waals surface area contributed by atoms with E-state index in [1.807, 2.05) is 20.8 Å². The maximum Gasteiger partial charge on any atom is 0.318 e. The molecule has 3 rings (SSSR count). The molecule has 0 aliphatic carbocycles. The molecule has 1 N–H and O–H groups in total. The first kappa shape index (κ1) is 16.9. The minimum absolute atomic E-state index is 0.115. The molecule has 1 aromatic heterocycles. The second-order valence-electron chi connectivity index (χ2n) is 6.37. The minimum atomic E-state index is -0.416. The van der Waals surface area contributed by atoms with E-state index in [0.29, 0.717) is 23.5 Å². The Bertz CT molecular complexity index is 852. The third-order valence-corrected chi connectivity index (χ3v) is 4.34. The number of aromatic nitrogens is 2. The summed E-state index contributed by atoms with van der Waals surface area (Å²) >= 11 is 0. The molecule has 2 aromatic rings. The van der Waals surface area contributed by atoms with Crippen LogP contribution in [0.5, 0.6) is 0 Å². The van der Waals surface area contributed by atoms with E-state index < -0.39 is 5.54 Å². The van der Waals surface area contributed by atoms with Crippen molar-refractivity contribution in [3.05, 3.63) is 59.4 Å². The highest BCUT2D eigenvalue weighted by molar-refractivity contribution is 5.78. The molecule has 25 heavy (non-hydrogen) atoms. The van der Waals surface area contributed by atoms with E-state index in [9.17, 15) is 9.18 Å². The van der Waals surface area contributed by atoms with E-state index in [-0.39, 0.29) is 17.9 Å². The van der Waals surface area contributed by atoms with Gasteiger partial charge in [-0.1, -0.05) is 17.9 Å². The fourth-order valence-electron chi connectivity index (χ4n) is 2.99. The van der Waals surface area contributed by atoms with Crippen LogP contribution in [0.2, 0.25) is 0 Å². The molecule has 128 valence electrons. The number of nitrogens with one attached hydrogen (secondary N) is 1. The van der Waals surface area contributed by atoms with Gasteiger partial charge in [0.1, 0.15) is 11.9 Å². The third-order valence-electron chi connectivity index (χ3n) is 4.34. The van der Waals surface area contributed by atoms with Crippen LogP contribution in [0.25, 0.3) is 0 Å². The number of urea groups is 1. The first-order chi connectivity index (χ1) is 11.9. The molecule has 0 saturated carbocycles. The number of amides is 2. The fourth-order valence-corrected chi connectivity index (χ4v) is 2.99. The number of hydrogen-bond acceptors (Lipinski definition) is 3. The number of nitrogens with zero attached hydrogens (tertiary/aromatic N) is 3. The lowest BCUT2D eigenvalue weighted by Gasteiger charge is -2.32. The largest absolute Gasteiger partial charge is 0.326 e. The van der Waals surface area contributed by atoms with Crippen LogP contribution in [0.3, 0.4) is 0 Å². The number of likely N-dealkylation sites (N-methyl/N-ethyl adjacent to an activating group) is 1. The van der Waals surface area contributed by atoms with Crippen molar-refractivity contribution in [2.24, 2.45) is 0 Å². The number of benzene rings is 1. The van der Waals surface area contributed by atoms with Crippen molar-refractivity contribution in [3.63, 3.8) is 0 Å². The molecule has 1 aliphatic heterocycles. The number of hydrogen-bond donors (Lipinski definition) is 1. The SMILES string of the molecule is CCN1C(=O)NC(c2ncc(C#Cc3cccc(F)c3)cn2)C1(C)C. The van der Waals surface area contributed by atoms with Gasteiger partial charge in [-0.05, 0) is 39.0 Å². The molecule has 1 aromatic carbocycles. The Balaban J connectivity index is 1.81. The molecule has 1 fully saturated rings. The quantitative estimate of drug-likeness (QED) is 0.857. The van der Waals surface area contributed by atoms with Crippen molar-refractivity contribution < 1.29 is 9.18 Å². The van der Waals surface area contributed by atoms with Crippen LogP contribution >= 0.6 is 0 Å². The number of halogens is 1. The lowest BCUT2D eigenvalue weighted by Crippen LogP contribution is -2.43. The number of carbonyl (C=O) groups excluding carboxylic acids is 1. The normalized spacial score (nSPS) is 18.5. The van der Waals surface area contributed by atoms with Crippen LogP contribution in [0.1, 0.15) is 43.8 Å². The Morgan fingerprint density at radius 1 is 1.24 bits per heavy atom. The number of rotatable bonds is 2. The van der Waals surface area contributed by atoms with E-state index in [0.717, 1.165) is 0 Å². The van der Waals surface area contributed by atoms with Crippen molar-refractivity contribution >= 4 is 6.03 Å². The van der Waals surface area contributed by atoms with Gasteiger partial charge < -0.3 is 10.2 Å². The second kappa shape index (κ2) is 6.52. The van der Waals surface area contributed by atoms with Crippen LogP contribution in [-0.4, -0.2) is 33.0 Å². The van der Waals surface area contributed by atoms with E-state index in [1.54, 1.807) is 29.4 Å². The van der Waals surface area contributed by atoms with Crippen molar-refractivity contribution in [3.8, 4) is 11.8 Å². The Labute approximate surface area is 146 Å². The summed E-state index contributed by atoms with van der Waals surface area (Å²) in [6.45, 7) is 6.53. The molecule has 6 heteroatoms. The zero-order valence-electron chi connectivity index (χ0n) is 14.4. The molecule has 0 radical (unpaired) electrons. The van der Waals surface area contributed by atoms with E-state index in [2.05, 4.69) is 27.1 Å². The monoisotopic (exact) mass is 338 g/mol. The van der Waals surface area contributed by atoms with Crippen LogP contribution < -0.4 is 5.32 Å². The molecule has 1 atom stereocenters. The van der Waals surface area contributed by atoms with Crippen LogP contribution in [-0.2, 0) is 0 Å². The highest BCUT2D eigenvalue weighted by Crippen LogP contribution is 2.34. The van der Waals surface area contributed by atoms with Gasteiger partial charge in [0, 0.05) is 24.5 Å². The maximum atomic E-state index is 13.2. The molecule has 2 heterocycles. The van der Waals surface area contributed by atoms with Gasteiger partial charge in [0.2, 0.25) is 0 Å². The van der Waals surface area contributed by atoms with Gasteiger partial charge in [-0.2, -0.15) is 0 Å². The molecule has 2 amide bonds. The average molecular weight is 338 g/mol. The predicted molar refractivity (Wildman–Crippen MR) is 92.1 cm³/mol. The summed E-state index contributed by atoms with van der Waals surface area (Å²) in [4.78, 5) is 22.5. The Morgan fingerprint density at radius 2 is 1.92 bits per heavy atom. The fraction of sp³-hybridized carbons (Fsp3) is 0.316. The first-order valence-electron chi connectivity index (χ1n) is 8.09. The van der Waals surface area contributed by atoms with Gasteiger partial charge in [-0.15, -0.1) is 0 Å². The smallest absolute Gasteiger partial charge is 0.318 e. The van der Waals surface area contributed by atoms with Crippen molar-refractivity contribution in [2.45, 2.75) is 32.4 Å². The highest BCUT2D eigenvalue weighted by atomic mass is 19.1. The molecule has 1 aliphatic rings. The summed E-state index contributed by atoms with van der Waals surface area (Å²) in [6.07, 6.45) is 3.23. The minimum Gasteiger partial charge on any atom is -0.326 e.